The monoisotopic (exact) mass is 311 g/mol. The van der Waals surface area contributed by atoms with Gasteiger partial charge in [-0.15, -0.1) is 12.4 Å². The largest absolute Gasteiger partial charge is 0.315 e. The molecule has 1 aliphatic carbocycles. The van der Waals surface area contributed by atoms with Gasteiger partial charge in [0, 0.05) is 32.7 Å². The summed E-state index contributed by atoms with van der Waals surface area (Å²) in [5.41, 5.74) is 0. The van der Waals surface area contributed by atoms with E-state index in [1.165, 1.54) is 12.8 Å². The highest BCUT2D eigenvalue weighted by Gasteiger charge is 2.36. The fourth-order valence-corrected chi connectivity index (χ4v) is 4.26. The molecular formula is C12H26ClN3O2S. The number of hydrogen-bond acceptors (Lipinski definition) is 3. The fourth-order valence-electron chi connectivity index (χ4n) is 2.53. The van der Waals surface area contributed by atoms with E-state index in [9.17, 15) is 8.42 Å². The van der Waals surface area contributed by atoms with E-state index in [-0.39, 0.29) is 18.4 Å². The van der Waals surface area contributed by atoms with Crippen molar-refractivity contribution in [1.82, 2.24) is 13.9 Å². The van der Waals surface area contributed by atoms with Gasteiger partial charge in [-0.25, -0.2) is 0 Å². The number of nitrogens with one attached hydrogen (secondary N) is 1. The minimum atomic E-state index is -3.28. The first-order chi connectivity index (χ1) is 8.55. The van der Waals surface area contributed by atoms with Crippen molar-refractivity contribution in [1.29, 1.82) is 0 Å². The van der Waals surface area contributed by atoms with Crippen molar-refractivity contribution < 1.29 is 8.42 Å². The number of rotatable bonds is 7. The predicted octanol–water partition coefficient (Wildman–Crippen LogP) is 1.07. The van der Waals surface area contributed by atoms with Gasteiger partial charge >= 0.3 is 0 Å². The topological polar surface area (TPSA) is 52.7 Å². The molecule has 0 aromatic rings. The Hall–Kier alpha value is 0.120. The van der Waals surface area contributed by atoms with Gasteiger partial charge in [0.25, 0.3) is 10.2 Å². The summed E-state index contributed by atoms with van der Waals surface area (Å²) in [6.45, 7) is 5.06. The van der Waals surface area contributed by atoms with E-state index in [0.717, 1.165) is 25.9 Å². The molecule has 5 nitrogen and oxygen atoms in total. The molecule has 0 aromatic heterocycles. The molecule has 2 fully saturated rings. The van der Waals surface area contributed by atoms with Crippen molar-refractivity contribution in [3.63, 3.8) is 0 Å². The Kier molecular flexibility index (Phi) is 6.53. The van der Waals surface area contributed by atoms with E-state index >= 15 is 0 Å². The maximum atomic E-state index is 12.6. The lowest BCUT2D eigenvalue weighted by Crippen LogP contribution is -2.48. The Morgan fingerprint density at radius 3 is 2.42 bits per heavy atom. The van der Waals surface area contributed by atoms with Gasteiger partial charge in [-0.2, -0.15) is 17.0 Å². The molecule has 1 aliphatic heterocycles. The molecule has 0 amide bonds. The van der Waals surface area contributed by atoms with Gasteiger partial charge in [0.15, 0.2) is 0 Å². The Morgan fingerprint density at radius 2 is 1.95 bits per heavy atom. The molecule has 0 spiro atoms. The van der Waals surface area contributed by atoms with E-state index in [0.29, 0.717) is 19.0 Å². The zero-order valence-electron chi connectivity index (χ0n) is 11.8. The van der Waals surface area contributed by atoms with Crippen LogP contribution in [0.2, 0.25) is 0 Å². The highest BCUT2D eigenvalue weighted by Crippen LogP contribution is 2.30. The van der Waals surface area contributed by atoms with Crippen molar-refractivity contribution in [2.75, 3.05) is 33.2 Å². The van der Waals surface area contributed by atoms with Crippen LogP contribution in [-0.4, -0.2) is 56.3 Å². The quantitative estimate of drug-likeness (QED) is 0.765. The molecule has 1 heterocycles. The van der Waals surface area contributed by atoms with E-state index in [1.807, 2.05) is 6.92 Å². The molecule has 114 valence electrons. The summed E-state index contributed by atoms with van der Waals surface area (Å²) >= 11 is 0. The second-order valence-corrected chi connectivity index (χ2v) is 7.48. The van der Waals surface area contributed by atoms with Crippen LogP contribution in [0, 0.1) is 5.92 Å². The van der Waals surface area contributed by atoms with Gasteiger partial charge in [0.2, 0.25) is 0 Å². The SMILES string of the molecule is CCCN(C1CCNC1)S(=O)(=O)N(C)CC1CC1.Cl. The predicted molar refractivity (Wildman–Crippen MR) is 79.8 cm³/mol. The van der Waals surface area contributed by atoms with Crippen LogP contribution >= 0.6 is 12.4 Å². The molecule has 7 heteroatoms. The number of nitrogens with zero attached hydrogens (tertiary/aromatic N) is 2. The summed E-state index contributed by atoms with van der Waals surface area (Å²) in [4.78, 5) is 0. The molecule has 1 N–H and O–H groups in total. The number of halogens is 1. The standard InChI is InChI=1S/C12H25N3O2S.ClH/c1-3-8-15(12-6-7-13-9-12)18(16,17)14(2)10-11-4-5-11;/h11-13H,3-10H2,1-2H3;1H. The molecule has 0 bridgehead atoms. The van der Waals surface area contributed by atoms with Crippen molar-refractivity contribution in [2.24, 2.45) is 5.92 Å². The second kappa shape index (κ2) is 7.22. The smallest absolute Gasteiger partial charge is 0.282 e. The summed E-state index contributed by atoms with van der Waals surface area (Å²) in [5.74, 6) is 0.593. The van der Waals surface area contributed by atoms with Crippen LogP contribution in [0.25, 0.3) is 0 Å². The van der Waals surface area contributed by atoms with Crippen LogP contribution in [0.15, 0.2) is 0 Å². The van der Waals surface area contributed by atoms with E-state index in [4.69, 9.17) is 0 Å². The van der Waals surface area contributed by atoms with Crippen molar-refractivity contribution in [2.45, 2.75) is 38.6 Å². The highest BCUT2D eigenvalue weighted by atomic mass is 35.5. The first-order valence-electron chi connectivity index (χ1n) is 6.99. The molecule has 2 aliphatic rings. The molecule has 1 unspecified atom stereocenters. The minimum absolute atomic E-state index is 0. The van der Waals surface area contributed by atoms with Gasteiger partial charge in [-0.05, 0) is 38.1 Å². The summed E-state index contributed by atoms with van der Waals surface area (Å²) in [6, 6.07) is 0.136. The van der Waals surface area contributed by atoms with Crippen LogP contribution in [0.3, 0.4) is 0 Å². The lowest BCUT2D eigenvalue weighted by molar-refractivity contribution is 0.301. The molecular weight excluding hydrogens is 286 g/mol. The van der Waals surface area contributed by atoms with Gasteiger partial charge < -0.3 is 5.32 Å². The van der Waals surface area contributed by atoms with Crippen LogP contribution < -0.4 is 5.32 Å². The molecule has 2 rings (SSSR count). The maximum Gasteiger partial charge on any atom is 0.282 e. The lowest BCUT2D eigenvalue weighted by Gasteiger charge is -2.31. The first kappa shape index (κ1) is 17.2. The van der Waals surface area contributed by atoms with Crippen molar-refractivity contribution in [3.8, 4) is 0 Å². The lowest BCUT2D eigenvalue weighted by atomic mass is 10.2. The Balaban J connectivity index is 0.00000180. The van der Waals surface area contributed by atoms with Gasteiger partial charge in [-0.1, -0.05) is 6.92 Å². The molecule has 1 saturated heterocycles. The summed E-state index contributed by atoms with van der Waals surface area (Å²) in [7, 11) is -1.55. The van der Waals surface area contributed by atoms with Gasteiger partial charge in [-0.3, -0.25) is 0 Å². The van der Waals surface area contributed by atoms with Gasteiger partial charge in [0.05, 0.1) is 0 Å². The zero-order valence-corrected chi connectivity index (χ0v) is 13.5. The maximum absolute atomic E-state index is 12.6. The van der Waals surface area contributed by atoms with Crippen LogP contribution in [0.5, 0.6) is 0 Å². The number of hydrogen-bond donors (Lipinski definition) is 1. The zero-order chi connectivity index (χ0) is 13.2. The Morgan fingerprint density at radius 1 is 1.26 bits per heavy atom. The summed E-state index contributed by atoms with van der Waals surface area (Å²) < 4.78 is 28.4. The van der Waals surface area contributed by atoms with Crippen LogP contribution in [0.4, 0.5) is 0 Å². The average molecular weight is 312 g/mol. The highest BCUT2D eigenvalue weighted by molar-refractivity contribution is 7.86. The van der Waals surface area contributed by atoms with E-state index < -0.39 is 10.2 Å². The molecule has 1 saturated carbocycles. The molecule has 0 aromatic carbocycles. The second-order valence-electron chi connectivity index (χ2n) is 5.49. The third kappa shape index (κ3) is 4.29. The Labute approximate surface area is 123 Å². The molecule has 0 radical (unpaired) electrons. The fraction of sp³-hybridized carbons (Fsp3) is 1.00. The third-order valence-electron chi connectivity index (χ3n) is 3.79. The van der Waals surface area contributed by atoms with Crippen LogP contribution in [0.1, 0.15) is 32.6 Å². The van der Waals surface area contributed by atoms with Gasteiger partial charge in [0.1, 0.15) is 0 Å². The van der Waals surface area contributed by atoms with E-state index in [2.05, 4.69) is 5.32 Å². The first-order valence-corrected chi connectivity index (χ1v) is 8.39. The van der Waals surface area contributed by atoms with Crippen LogP contribution in [-0.2, 0) is 10.2 Å². The average Bonchev–Trinajstić information content (AvgIpc) is 2.98. The van der Waals surface area contributed by atoms with Crippen molar-refractivity contribution >= 4 is 22.6 Å². The molecule has 19 heavy (non-hydrogen) atoms. The van der Waals surface area contributed by atoms with E-state index in [1.54, 1.807) is 15.7 Å². The normalized spacial score (nSPS) is 23.9. The summed E-state index contributed by atoms with van der Waals surface area (Å²) in [6.07, 6.45) is 4.15. The van der Waals surface area contributed by atoms with Crippen molar-refractivity contribution in [3.05, 3.63) is 0 Å². The molecule has 1 atom stereocenters. The minimum Gasteiger partial charge on any atom is -0.315 e. The third-order valence-corrected chi connectivity index (χ3v) is 5.80. The Bertz CT molecular complexity index is 367. The summed E-state index contributed by atoms with van der Waals surface area (Å²) in [5, 5.41) is 3.25.